The van der Waals surface area contributed by atoms with Crippen LogP contribution in [-0.4, -0.2) is 7.05 Å². The monoisotopic (exact) mass is 227 g/mol. The van der Waals surface area contributed by atoms with Crippen LogP contribution >= 0.6 is 0 Å². The van der Waals surface area contributed by atoms with Crippen LogP contribution in [0.1, 0.15) is 11.3 Å². The third kappa shape index (κ3) is 2.40. The second-order valence-corrected chi connectivity index (χ2v) is 3.82. The van der Waals surface area contributed by atoms with Crippen molar-refractivity contribution in [3.63, 3.8) is 0 Å². The fraction of sp³-hybridized carbons (Fsp3) is 0.154. The molecule has 1 aromatic carbocycles. The van der Waals surface area contributed by atoms with Gasteiger partial charge in [-0.05, 0) is 30.3 Å². The molecule has 0 aliphatic rings. The van der Waals surface area contributed by atoms with Gasteiger partial charge in [0.25, 0.3) is 0 Å². The first-order valence-corrected chi connectivity index (χ1v) is 5.24. The van der Waals surface area contributed by atoms with Gasteiger partial charge in [0.2, 0.25) is 0 Å². The van der Waals surface area contributed by atoms with Gasteiger partial charge in [-0.15, -0.1) is 0 Å². The molecular weight excluding hydrogens is 214 g/mol. The van der Waals surface area contributed by atoms with Crippen LogP contribution in [0.4, 0.5) is 11.4 Å². The summed E-state index contributed by atoms with van der Waals surface area (Å²) in [5.74, 6) is 0.878. The van der Waals surface area contributed by atoms with Crippen LogP contribution in [0.5, 0.6) is 0 Å². The molecular formula is C13H13N3O. The van der Waals surface area contributed by atoms with Gasteiger partial charge in [-0.2, -0.15) is 5.26 Å². The average molecular weight is 227 g/mol. The molecule has 4 nitrogen and oxygen atoms in total. The number of nitrogen functional groups attached to an aromatic ring is 1. The largest absolute Gasteiger partial charge is 0.467 e. The molecule has 0 spiro atoms. The minimum Gasteiger partial charge on any atom is -0.467 e. The Morgan fingerprint density at radius 1 is 1.41 bits per heavy atom. The Morgan fingerprint density at radius 3 is 2.88 bits per heavy atom. The first-order valence-electron chi connectivity index (χ1n) is 5.24. The molecule has 0 fully saturated rings. The Morgan fingerprint density at radius 2 is 2.24 bits per heavy atom. The average Bonchev–Trinajstić information content (AvgIpc) is 2.82. The number of nitrogens with two attached hydrogens (primary N) is 1. The van der Waals surface area contributed by atoms with Gasteiger partial charge in [-0.1, -0.05) is 0 Å². The standard InChI is InChI=1S/C13H13N3O/c1-16(9-12-3-2-6-17-12)11-4-5-13(15)10(7-11)8-14/h2-7H,9,15H2,1H3. The molecule has 1 aromatic heterocycles. The summed E-state index contributed by atoms with van der Waals surface area (Å²) in [6, 6.07) is 11.3. The van der Waals surface area contributed by atoms with Gasteiger partial charge in [-0.25, -0.2) is 0 Å². The van der Waals surface area contributed by atoms with E-state index in [0.717, 1.165) is 11.4 Å². The molecule has 1 heterocycles. The lowest BCUT2D eigenvalue weighted by atomic mass is 10.1. The molecule has 17 heavy (non-hydrogen) atoms. The summed E-state index contributed by atoms with van der Waals surface area (Å²) >= 11 is 0. The van der Waals surface area contributed by atoms with Gasteiger partial charge in [0.1, 0.15) is 11.8 Å². The quantitative estimate of drug-likeness (QED) is 0.817. The molecule has 0 bridgehead atoms. The van der Waals surface area contributed by atoms with Crippen molar-refractivity contribution in [3.8, 4) is 6.07 Å². The zero-order valence-corrected chi connectivity index (χ0v) is 9.55. The summed E-state index contributed by atoms with van der Waals surface area (Å²) in [5, 5.41) is 8.91. The van der Waals surface area contributed by atoms with Crippen molar-refractivity contribution in [2.75, 3.05) is 17.7 Å². The molecule has 0 atom stereocenters. The molecule has 2 N–H and O–H groups in total. The molecule has 0 saturated carbocycles. The fourth-order valence-corrected chi connectivity index (χ4v) is 1.61. The third-order valence-electron chi connectivity index (χ3n) is 2.57. The van der Waals surface area contributed by atoms with E-state index in [1.165, 1.54) is 0 Å². The van der Waals surface area contributed by atoms with Crippen LogP contribution in [-0.2, 0) is 6.54 Å². The van der Waals surface area contributed by atoms with Crippen molar-refractivity contribution in [1.82, 2.24) is 0 Å². The van der Waals surface area contributed by atoms with Crippen LogP contribution in [0.2, 0.25) is 0 Å². The second-order valence-electron chi connectivity index (χ2n) is 3.82. The van der Waals surface area contributed by atoms with Crippen molar-refractivity contribution >= 4 is 11.4 Å². The molecule has 4 heteroatoms. The summed E-state index contributed by atoms with van der Waals surface area (Å²) < 4.78 is 5.27. The first-order chi connectivity index (χ1) is 8.20. The molecule has 0 amide bonds. The predicted molar refractivity (Wildman–Crippen MR) is 66.4 cm³/mol. The molecule has 0 aliphatic carbocycles. The molecule has 86 valence electrons. The Balaban J connectivity index is 2.20. The van der Waals surface area contributed by atoms with Crippen LogP contribution in [0.3, 0.4) is 0 Å². The van der Waals surface area contributed by atoms with E-state index in [2.05, 4.69) is 6.07 Å². The lowest BCUT2D eigenvalue weighted by Crippen LogP contribution is -2.16. The van der Waals surface area contributed by atoms with Gasteiger partial charge >= 0.3 is 0 Å². The van der Waals surface area contributed by atoms with E-state index in [1.54, 1.807) is 18.4 Å². The van der Waals surface area contributed by atoms with E-state index >= 15 is 0 Å². The molecule has 2 aromatic rings. The topological polar surface area (TPSA) is 66.2 Å². The van der Waals surface area contributed by atoms with Crippen LogP contribution in [0, 0.1) is 11.3 Å². The number of rotatable bonds is 3. The van der Waals surface area contributed by atoms with E-state index in [4.69, 9.17) is 15.4 Å². The van der Waals surface area contributed by atoms with E-state index < -0.39 is 0 Å². The first kappa shape index (κ1) is 11.1. The zero-order valence-electron chi connectivity index (χ0n) is 9.55. The van der Waals surface area contributed by atoms with Crippen LogP contribution in [0.25, 0.3) is 0 Å². The van der Waals surface area contributed by atoms with Gasteiger partial charge in [0, 0.05) is 18.4 Å². The van der Waals surface area contributed by atoms with E-state index in [1.807, 2.05) is 30.1 Å². The van der Waals surface area contributed by atoms with Gasteiger partial charge in [0.05, 0.1) is 18.4 Å². The number of nitrogens with zero attached hydrogens (tertiary/aromatic N) is 2. The van der Waals surface area contributed by atoms with Crippen molar-refractivity contribution in [2.45, 2.75) is 6.54 Å². The Labute approximate surface area is 99.9 Å². The second kappa shape index (κ2) is 4.62. The van der Waals surface area contributed by atoms with E-state index in [9.17, 15) is 0 Å². The maximum Gasteiger partial charge on any atom is 0.123 e. The lowest BCUT2D eigenvalue weighted by molar-refractivity contribution is 0.507. The molecule has 0 aliphatic heterocycles. The minimum absolute atomic E-state index is 0.494. The van der Waals surface area contributed by atoms with E-state index in [0.29, 0.717) is 17.8 Å². The maximum absolute atomic E-state index is 8.91. The predicted octanol–water partition coefficient (Wildman–Crippen LogP) is 2.37. The number of benzene rings is 1. The van der Waals surface area contributed by atoms with E-state index in [-0.39, 0.29) is 0 Å². The highest BCUT2D eigenvalue weighted by atomic mass is 16.3. The lowest BCUT2D eigenvalue weighted by Gasteiger charge is -2.18. The number of nitriles is 1. The molecule has 0 saturated heterocycles. The van der Waals surface area contributed by atoms with Gasteiger partial charge < -0.3 is 15.1 Å². The van der Waals surface area contributed by atoms with Crippen LogP contribution < -0.4 is 10.6 Å². The highest BCUT2D eigenvalue weighted by Crippen LogP contribution is 2.21. The molecule has 2 rings (SSSR count). The Hall–Kier alpha value is -2.41. The van der Waals surface area contributed by atoms with Gasteiger partial charge in [0.15, 0.2) is 0 Å². The van der Waals surface area contributed by atoms with Crippen LogP contribution in [0.15, 0.2) is 41.0 Å². The van der Waals surface area contributed by atoms with Gasteiger partial charge in [-0.3, -0.25) is 0 Å². The minimum atomic E-state index is 0.494. The summed E-state index contributed by atoms with van der Waals surface area (Å²) in [7, 11) is 1.94. The summed E-state index contributed by atoms with van der Waals surface area (Å²) in [6.45, 7) is 0.655. The van der Waals surface area contributed by atoms with Crippen molar-refractivity contribution in [3.05, 3.63) is 47.9 Å². The Kier molecular flexibility index (Phi) is 3.01. The highest BCUT2D eigenvalue weighted by Gasteiger charge is 2.06. The normalized spacial score (nSPS) is 9.88. The summed E-state index contributed by atoms with van der Waals surface area (Å²) in [5.41, 5.74) is 7.61. The smallest absolute Gasteiger partial charge is 0.123 e. The fourth-order valence-electron chi connectivity index (χ4n) is 1.61. The number of hydrogen-bond donors (Lipinski definition) is 1. The van der Waals surface area contributed by atoms with Crippen molar-refractivity contribution in [2.24, 2.45) is 0 Å². The molecule has 0 unspecified atom stereocenters. The number of furan rings is 1. The van der Waals surface area contributed by atoms with Crippen molar-refractivity contribution < 1.29 is 4.42 Å². The summed E-state index contributed by atoms with van der Waals surface area (Å²) in [4.78, 5) is 2.00. The zero-order chi connectivity index (χ0) is 12.3. The molecule has 0 radical (unpaired) electrons. The highest BCUT2D eigenvalue weighted by molar-refractivity contribution is 5.62. The third-order valence-corrected chi connectivity index (χ3v) is 2.57. The van der Waals surface area contributed by atoms with Crippen molar-refractivity contribution in [1.29, 1.82) is 5.26 Å². The number of hydrogen-bond acceptors (Lipinski definition) is 4. The maximum atomic E-state index is 8.91. The summed E-state index contributed by atoms with van der Waals surface area (Å²) in [6.07, 6.45) is 1.65. The SMILES string of the molecule is CN(Cc1ccco1)c1ccc(N)c(C#N)c1. The number of anilines is 2. The Bertz CT molecular complexity index is 540.